The summed E-state index contributed by atoms with van der Waals surface area (Å²) in [5.41, 5.74) is 0.204. The van der Waals surface area contributed by atoms with Gasteiger partial charge in [0, 0.05) is 26.8 Å². The number of benzene rings is 1. The number of hydrogen-bond acceptors (Lipinski definition) is 2. The van der Waals surface area contributed by atoms with Gasteiger partial charge in [0.2, 0.25) is 0 Å². The van der Waals surface area contributed by atoms with Crippen molar-refractivity contribution in [2.75, 3.05) is 0 Å². The SMILES string of the molecule is Cc1c(Cl)cc(S(=O)(=O)Cl)c(C)c1F. The average Bonchev–Trinajstić information content (AvgIpc) is 2.06. The molecule has 0 bridgehead atoms. The molecule has 1 aromatic carbocycles. The van der Waals surface area contributed by atoms with Gasteiger partial charge in [-0.15, -0.1) is 0 Å². The second-order valence-corrected chi connectivity index (χ2v) is 5.80. The largest absolute Gasteiger partial charge is 0.261 e. The third kappa shape index (κ3) is 2.02. The van der Waals surface area contributed by atoms with Gasteiger partial charge in [-0.3, -0.25) is 0 Å². The summed E-state index contributed by atoms with van der Waals surface area (Å²) in [6.07, 6.45) is 0. The van der Waals surface area contributed by atoms with Crippen LogP contribution in [0.15, 0.2) is 11.0 Å². The summed E-state index contributed by atoms with van der Waals surface area (Å²) in [5, 5.41) is 0.0484. The Morgan fingerprint density at radius 2 is 1.79 bits per heavy atom. The topological polar surface area (TPSA) is 34.1 Å². The molecule has 0 heterocycles. The van der Waals surface area contributed by atoms with Gasteiger partial charge in [0.1, 0.15) is 5.82 Å². The summed E-state index contributed by atoms with van der Waals surface area (Å²) in [6, 6.07) is 1.15. The smallest absolute Gasteiger partial charge is 0.207 e. The van der Waals surface area contributed by atoms with Crippen LogP contribution < -0.4 is 0 Å². The minimum Gasteiger partial charge on any atom is -0.207 e. The molecule has 1 rings (SSSR count). The van der Waals surface area contributed by atoms with Crippen LogP contribution in [0.2, 0.25) is 5.02 Å². The molecule has 0 saturated carbocycles. The Balaban J connectivity index is 3.66. The third-order valence-electron chi connectivity index (χ3n) is 1.91. The Hall–Kier alpha value is -0.320. The fraction of sp³-hybridized carbons (Fsp3) is 0.250. The van der Waals surface area contributed by atoms with Gasteiger partial charge < -0.3 is 0 Å². The molecule has 0 aliphatic carbocycles. The second-order valence-electron chi connectivity index (χ2n) is 2.86. The van der Waals surface area contributed by atoms with Gasteiger partial charge in [-0.25, -0.2) is 12.8 Å². The minimum absolute atomic E-state index is 0.0121. The lowest BCUT2D eigenvalue weighted by Gasteiger charge is -2.07. The molecule has 14 heavy (non-hydrogen) atoms. The van der Waals surface area contributed by atoms with Crippen LogP contribution >= 0.6 is 22.3 Å². The molecule has 2 nitrogen and oxygen atoms in total. The molecular weight excluding hydrogens is 250 g/mol. The van der Waals surface area contributed by atoms with Crippen molar-refractivity contribution in [1.82, 2.24) is 0 Å². The molecule has 0 fully saturated rings. The summed E-state index contributed by atoms with van der Waals surface area (Å²) in [7, 11) is 1.16. The molecule has 0 spiro atoms. The van der Waals surface area contributed by atoms with Crippen LogP contribution in [-0.4, -0.2) is 8.42 Å². The van der Waals surface area contributed by atoms with E-state index in [1.54, 1.807) is 0 Å². The van der Waals surface area contributed by atoms with Crippen LogP contribution in [0.5, 0.6) is 0 Å². The zero-order valence-corrected chi connectivity index (χ0v) is 9.76. The molecule has 0 radical (unpaired) electrons. The van der Waals surface area contributed by atoms with Crippen molar-refractivity contribution in [2.24, 2.45) is 0 Å². The van der Waals surface area contributed by atoms with Crippen molar-refractivity contribution in [3.8, 4) is 0 Å². The van der Waals surface area contributed by atoms with Gasteiger partial charge in [-0.2, -0.15) is 0 Å². The highest BCUT2D eigenvalue weighted by molar-refractivity contribution is 8.13. The molecule has 1 aromatic rings. The normalized spacial score (nSPS) is 11.8. The second kappa shape index (κ2) is 3.68. The highest BCUT2D eigenvalue weighted by Gasteiger charge is 2.19. The lowest BCUT2D eigenvalue weighted by Crippen LogP contribution is -2.00. The lowest BCUT2D eigenvalue weighted by molar-refractivity contribution is 0.592. The predicted molar refractivity (Wildman–Crippen MR) is 53.9 cm³/mol. The van der Waals surface area contributed by atoms with Crippen molar-refractivity contribution in [1.29, 1.82) is 0 Å². The maximum absolute atomic E-state index is 13.4. The minimum atomic E-state index is -3.95. The summed E-state index contributed by atoms with van der Waals surface area (Å²) in [6.45, 7) is 2.81. The Bertz CT molecular complexity index is 483. The molecule has 0 unspecified atom stereocenters. The Morgan fingerprint density at radius 1 is 1.29 bits per heavy atom. The van der Waals surface area contributed by atoms with Crippen molar-refractivity contribution >= 4 is 31.3 Å². The van der Waals surface area contributed by atoms with E-state index in [1.807, 2.05) is 0 Å². The highest BCUT2D eigenvalue weighted by Crippen LogP contribution is 2.29. The molecule has 0 aliphatic rings. The summed E-state index contributed by atoms with van der Waals surface area (Å²) in [4.78, 5) is -0.285. The monoisotopic (exact) mass is 256 g/mol. The predicted octanol–water partition coefficient (Wildman–Crippen LogP) is 3.02. The highest BCUT2D eigenvalue weighted by atomic mass is 35.7. The van der Waals surface area contributed by atoms with Crippen LogP contribution in [0, 0.1) is 19.7 Å². The first kappa shape index (κ1) is 11.8. The van der Waals surface area contributed by atoms with E-state index in [0.717, 1.165) is 6.07 Å². The number of rotatable bonds is 1. The van der Waals surface area contributed by atoms with Crippen LogP contribution in [0.3, 0.4) is 0 Å². The standard InChI is InChI=1S/C8H7Cl2FO2S/c1-4-6(9)3-7(14(10,12)13)5(2)8(4)11/h3H,1-2H3. The van der Waals surface area contributed by atoms with Crippen molar-refractivity contribution < 1.29 is 12.8 Å². The van der Waals surface area contributed by atoms with Gasteiger partial charge >= 0.3 is 0 Å². The van der Waals surface area contributed by atoms with Gasteiger partial charge in [-0.05, 0) is 19.9 Å². The summed E-state index contributed by atoms with van der Waals surface area (Å²) in [5.74, 6) is -0.642. The van der Waals surface area contributed by atoms with E-state index in [0.29, 0.717) is 0 Å². The molecule has 6 heteroatoms. The lowest BCUT2D eigenvalue weighted by atomic mass is 10.1. The maximum atomic E-state index is 13.4. The molecule has 0 aliphatic heterocycles. The molecule has 0 atom stereocenters. The average molecular weight is 257 g/mol. The molecule has 0 aromatic heterocycles. The van der Waals surface area contributed by atoms with E-state index < -0.39 is 14.9 Å². The number of halogens is 3. The van der Waals surface area contributed by atoms with E-state index >= 15 is 0 Å². The van der Waals surface area contributed by atoms with Crippen molar-refractivity contribution in [3.63, 3.8) is 0 Å². The molecule has 0 N–H and O–H groups in total. The quantitative estimate of drug-likeness (QED) is 0.724. The zero-order chi connectivity index (χ0) is 11.1. The maximum Gasteiger partial charge on any atom is 0.261 e. The van der Waals surface area contributed by atoms with Crippen LogP contribution in [0.1, 0.15) is 11.1 Å². The van der Waals surface area contributed by atoms with Crippen LogP contribution in [-0.2, 0) is 9.05 Å². The van der Waals surface area contributed by atoms with E-state index in [9.17, 15) is 12.8 Å². The third-order valence-corrected chi connectivity index (χ3v) is 3.75. The summed E-state index contributed by atoms with van der Waals surface area (Å²) < 4.78 is 35.4. The number of hydrogen-bond donors (Lipinski definition) is 0. The van der Waals surface area contributed by atoms with Crippen LogP contribution in [0.4, 0.5) is 4.39 Å². The fourth-order valence-electron chi connectivity index (χ4n) is 1.08. The molecule has 0 amide bonds. The molecule has 78 valence electrons. The molecule has 0 saturated heterocycles. The van der Waals surface area contributed by atoms with Crippen molar-refractivity contribution in [3.05, 3.63) is 28.0 Å². The van der Waals surface area contributed by atoms with Crippen LogP contribution in [0.25, 0.3) is 0 Å². The van der Waals surface area contributed by atoms with E-state index in [-0.39, 0.29) is 21.0 Å². The van der Waals surface area contributed by atoms with Gasteiger partial charge in [0.25, 0.3) is 9.05 Å². The Morgan fingerprint density at radius 3 is 2.21 bits per heavy atom. The fourth-order valence-corrected chi connectivity index (χ4v) is 2.53. The van der Waals surface area contributed by atoms with E-state index in [2.05, 4.69) is 0 Å². The van der Waals surface area contributed by atoms with Crippen molar-refractivity contribution in [2.45, 2.75) is 18.7 Å². The first-order valence-corrected chi connectivity index (χ1v) is 6.33. The zero-order valence-electron chi connectivity index (χ0n) is 7.44. The van der Waals surface area contributed by atoms with E-state index in [4.69, 9.17) is 22.3 Å². The Labute approximate surface area is 91.1 Å². The Kier molecular flexibility index (Phi) is 3.09. The first-order valence-electron chi connectivity index (χ1n) is 3.65. The van der Waals surface area contributed by atoms with E-state index in [1.165, 1.54) is 13.8 Å². The molecular formula is C8H7Cl2FO2S. The van der Waals surface area contributed by atoms with Gasteiger partial charge in [0.05, 0.1) is 4.90 Å². The van der Waals surface area contributed by atoms with Gasteiger partial charge in [0.15, 0.2) is 0 Å². The van der Waals surface area contributed by atoms with Gasteiger partial charge in [-0.1, -0.05) is 11.6 Å². The first-order chi connectivity index (χ1) is 6.25. The summed E-state index contributed by atoms with van der Waals surface area (Å²) >= 11 is 5.63.